The van der Waals surface area contributed by atoms with Gasteiger partial charge in [-0.15, -0.1) is 0 Å². The second-order valence-corrected chi connectivity index (χ2v) is 8.11. The van der Waals surface area contributed by atoms with E-state index in [4.69, 9.17) is 9.47 Å². The molecule has 0 saturated heterocycles. The van der Waals surface area contributed by atoms with Crippen LogP contribution in [0.15, 0.2) is 72.4 Å². The quantitative estimate of drug-likeness (QED) is 0.461. The second-order valence-electron chi connectivity index (χ2n) is 8.11. The summed E-state index contributed by atoms with van der Waals surface area (Å²) in [7, 11) is 3.10. The number of nitrogens with zero attached hydrogens (tertiary/aromatic N) is 2. The van der Waals surface area contributed by atoms with Crippen molar-refractivity contribution >= 4 is 28.8 Å². The van der Waals surface area contributed by atoms with Crippen LogP contribution in [-0.2, 0) is 9.59 Å². The Morgan fingerprint density at radius 2 is 1.53 bits per heavy atom. The van der Waals surface area contributed by atoms with E-state index in [1.165, 1.54) is 4.90 Å². The lowest BCUT2D eigenvalue weighted by atomic mass is 10.0. The van der Waals surface area contributed by atoms with E-state index in [0.717, 1.165) is 16.8 Å². The van der Waals surface area contributed by atoms with Crippen molar-refractivity contribution < 1.29 is 19.1 Å². The molecule has 0 bridgehead atoms. The number of anilines is 2. The van der Waals surface area contributed by atoms with Crippen molar-refractivity contribution in [2.75, 3.05) is 30.6 Å². The van der Waals surface area contributed by atoms with Gasteiger partial charge in [0.15, 0.2) is 11.5 Å². The molecule has 0 aliphatic carbocycles. The Bertz CT molecular complexity index is 1280. The topological polar surface area (TPSA) is 59.1 Å². The SMILES string of the molecule is CCN(C1=C(c2ccc(OC)c(OC)c2)C(=O)N(c2ccc(C)cc2C)C1=O)c1ccccc1. The number of hydrogen-bond acceptors (Lipinski definition) is 5. The Balaban J connectivity index is 1.95. The molecule has 3 aromatic carbocycles. The lowest BCUT2D eigenvalue weighted by Gasteiger charge is -2.25. The van der Waals surface area contributed by atoms with E-state index in [1.54, 1.807) is 32.4 Å². The number of rotatable bonds is 7. The zero-order valence-corrected chi connectivity index (χ0v) is 20.1. The number of benzene rings is 3. The molecule has 1 heterocycles. The monoisotopic (exact) mass is 456 g/mol. The molecule has 6 heteroatoms. The molecule has 34 heavy (non-hydrogen) atoms. The van der Waals surface area contributed by atoms with E-state index in [-0.39, 0.29) is 11.8 Å². The van der Waals surface area contributed by atoms with Crippen LogP contribution in [0.2, 0.25) is 0 Å². The summed E-state index contributed by atoms with van der Waals surface area (Å²) < 4.78 is 10.8. The van der Waals surface area contributed by atoms with Crippen LogP contribution in [0.25, 0.3) is 5.57 Å². The summed E-state index contributed by atoms with van der Waals surface area (Å²) in [5, 5.41) is 0. The Labute approximate surface area is 200 Å². The highest BCUT2D eigenvalue weighted by Gasteiger charge is 2.43. The Hall–Kier alpha value is -4.06. The van der Waals surface area contributed by atoms with Crippen LogP contribution in [0, 0.1) is 13.8 Å². The molecule has 174 valence electrons. The summed E-state index contributed by atoms with van der Waals surface area (Å²) in [6.45, 7) is 6.36. The molecule has 1 aliphatic heterocycles. The van der Waals surface area contributed by atoms with E-state index in [0.29, 0.717) is 40.6 Å². The summed E-state index contributed by atoms with van der Waals surface area (Å²) in [4.78, 5) is 31.0. The maximum Gasteiger partial charge on any atom is 0.282 e. The lowest BCUT2D eigenvalue weighted by Crippen LogP contribution is -2.35. The first kappa shape index (κ1) is 23.1. The van der Waals surface area contributed by atoms with Gasteiger partial charge in [-0.1, -0.05) is 42.0 Å². The molecule has 3 aromatic rings. The number of likely N-dealkylation sites (N-methyl/N-ethyl adjacent to an activating group) is 1. The molecule has 0 atom stereocenters. The van der Waals surface area contributed by atoms with E-state index < -0.39 is 0 Å². The minimum Gasteiger partial charge on any atom is -0.493 e. The van der Waals surface area contributed by atoms with E-state index in [9.17, 15) is 9.59 Å². The molecule has 0 aromatic heterocycles. The maximum absolute atomic E-state index is 13.9. The lowest BCUT2D eigenvalue weighted by molar-refractivity contribution is -0.120. The third-order valence-corrected chi connectivity index (χ3v) is 5.98. The van der Waals surface area contributed by atoms with Gasteiger partial charge in [-0.3, -0.25) is 9.59 Å². The van der Waals surface area contributed by atoms with Crippen LogP contribution in [0.4, 0.5) is 11.4 Å². The highest BCUT2D eigenvalue weighted by Crippen LogP contribution is 2.40. The molecule has 0 spiro atoms. The van der Waals surface area contributed by atoms with Gasteiger partial charge in [0.05, 0.1) is 25.5 Å². The minimum absolute atomic E-state index is 0.330. The molecule has 6 nitrogen and oxygen atoms in total. The van der Waals surface area contributed by atoms with Crippen molar-refractivity contribution in [3.05, 3.63) is 89.1 Å². The molecule has 0 saturated carbocycles. The average molecular weight is 457 g/mol. The standard InChI is InChI=1S/C28H28N2O4/c1-6-29(21-10-8-7-9-11-21)26-25(20-13-15-23(33-4)24(17-20)34-5)27(31)30(28(26)32)22-14-12-18(2)16-19(22)3/h7-17H,6H2,1-5H3. The van der Waals surface area contributed by atoms with Gasteiger partial charge >= 0.3 is 0 Å². The van der Waals surface area contributed by atoms with Gasteiger partial charge in [0.1, 0.15) is 5.70 Å². The fourth-order valence-corrected chi connectivity index (χ4v) is 4.37. The number of ether oxygens (including phenoxy) is 2. The first-order valence-electron chi connectivity index (χ1n) is 11.2. The normalized spacial score (nSPS) is 13.5. The largest absolute Gasteiger partial charge is 0.493 e. The van der Waals surface area contributed by atoms with Crippen LogP contribution >= 0.6 is 0 Å². The molecule has 0 fully saturated rings. The van der Waals surface area contributed by atoms with Crippen LogP contribution in [0.1, 0.15) is 23.6 Å². The number of aryl methyl sites for hydroxylation is 2. The average Bonchev–Trinajstić information content (AvgIpc) is 3.10. The van der Waals surface area contributed by atoms with Crippen molar-refractivity contribution in [1.82, 2.24) is 0 Å². The number of hydrogen-bond donors (Lipinski definition) is 0. The van der Waals surface area contributed by atoms with Crippen LogP contribution in [-0.4, -0.2) is 32.6 Å². The molecule has 0 unspecified atom stereocenters. The van der Waals surface area contributed by atoms with Crippen LogP contribution < -0.4 is 19.3 Å². The summed E-state index contributed by atoms with van der Waals surface area (Å²) in [5.41, 5.74) is 4.60. The number of imide groups is 1. The molecular weight excluding hydrogens is 428 g/mol. The predicted octanol–water partition coefficient (Wildman–Crippen LogP) is 5.13. The van der Waals surface area contributed by atoms with Gasteiger partial charge in [0.2, 0.25) is 0 Å². The second kappa shape index (κ2) is 9.43. The fourth-order valence-electron chi connectivity index (χ4n) is 4.37. The number of para-hydroxylation sites is 1. The smallest absolute Gasteiger partial charge is 0.282 e. The zero-order valence-electron chi connectivity index (χ0n) is 20.1. The van der Waals surface area contributed by atoms with Crippen molar-refractivity contribution in [2.24, 2.45) is 0 Å². The molecule has 0 radical (unpaired) electrons. The van der Waals surface area contributed by atoms with Gasteiger partial charge in [0, 0.05) is 12.2 Å². The molecular formula is C28H28N2O4. The molecule has 1 aliphatic rings. The van der Waals surface area contributed by atoms with Gasteiger partial charge in [-0.05, 0) is 62.2 Å². The maximum atomic E-state index is 13.9. The molecule has 0 N–H and O–H groups in total. The van der Waals surface area contributed by atoms with Crippen molar-refractivity contribution in [2.45, 2.75) is 20.8 Å². The number of methoxy groups -OCH3 is 2. The molecule has 4 rings (SSSR count). The Kier molecular flexibility index (Phi) is 6.41. The summed E-state index contributed by atoms with van der Waals surface area (Å²) in [6, 6.07) is 20.6. The first-order valence-corrected chi connectivity index (χ1v) is 11.2. The molecule has 2 amide bonds. The van der Waals surface area contributed by atoms with Crippen molar-refractivity contribution in [1.29, 1.82) is 0 Å². The van der Waals surface area contributed by atoms with Gasteiger partial charge < -0.3 is 14.4 Å². The van der Waals surface area contributed by atoms with Crippen molar-refractivity contribution in [3.63, 3.8) is 0 Å². The number of amides is 2. The minimum atomic E-state index is -0.367. The van der Waals surface area contributed by atoms with E-state index in [1.807, 2.05) is 74.2 Å². The highest BCUT2D eigenvalue weighted by atomic mass is 16.5. The van der Waals surface area contributed by atoms with Gasteiger partial charge in [-0.25, -0.2) is 4.90 Å². The van der Waals surface area contributed by atoms with Gasteiger partial charge in [-0.2, -0.15) is 0 Å². The third kappa shape index (κ3) is 3.92. The van der Waals surface area contributed by atoms with E-state index in [2.05, 4.69) is 0 Å². The Morgan fingerprint density at radius 3 is 2.15 bits per heavy atom. The van der Waals surface area contributed by atoms with Gasteiger partial charge in [0.25, 0.3) is 11.8 Å². The van der Waals surface area contributed by atoms with Crippen LogP contribution in [0.3, 0.4) is 0 Å². The fraction of sp³-hybridized carbons (Fsp3) is 0.214. The summed E-state index contributed by atoms with van der Waals surface area (Å²) in [6.07, 6.45) is 0. The van der Waals surface area contributed by atoms with Crippen LogP contribution in [0.5, 0.6) is 11.5 Å². The summed E-state index contributed by atoms with van der Waals surface area (Å²) in [5.74, 6) is 0.313. The number of carbonyl (C=O) groups excluding carboxylic acids is 2. The third-order valence-electron chi connectivity index (χ3n) is 5.98. The van der Waals surface area contributed by atoms with E-state index >= 15 is 0 Å². The Morgan fingerprint density at radius 1 is 0.824 bits per heavy atom. The zero-order chi connectivity index (χ0) is 24.4. The summed E-state index contributed by atoms with van der Waals surface area (Å²) >= 11 is 0. The first-order chi connectivity index (χ1) is 16.4. The van der Waals surface area contributed by atoms with Crippen molar-refractivity contribution in [3.8, 4) is 11.5 Å². The number of carbonyl (C=O) groups is 2. The predicted molar refractivity (Wildman–Crippen MR) is 134 cm³/mol. The highest BCUT2D eigenvalue weighted by molar-refractivity contribution is 6.46.